The molecule has 19 heavy (non-hydrogen) atoms. The van der Waals surface area contributed by atoms with Crippen LogP contribution in [0, 0.1) is 0 Å². The molecule has 0 saturated carbocycles. The molecule has 0 radical (unpaired) electrons. The van der Waals surface area contributed by atoms with Crippen molar-refractivity contribution in [2.45, 2.75) is 19.8 Å². The average Bonchev–Trinajstić information content (AvgIpc) is 2.62. The molecule has 102 valence electrons. The lowest BCUT2D eigenvalue weighted by Crippen LogP contribution is -2.01. The molecule has 0 unspecified atom stereocenters. The monoisotopic (exact) mass is 298 g/mol. The summed E-state index contributed by atoms with van der Waals surface area (Å²) < 4.78 is 1.71. The summed E-state index contributed by atoms with van der Waals surface area (Å²) >= 11 is 12.1. The van der Waals surface area contributed by atoms with Gasteiger partial charge in [0.2, 0.25) is 0 Å². The molecule has 2 rings (SSSR count). The Balaban J connectivity index is 2.41. The first-order chi connectivity index (χ1) is 8.90. The molecule has 0 amide bonds. The number of nitrogens with one attached hydrogen (secondary N) is 1. The van der Waals surface area contributed by atoms with Crippen LogP contribution in [0.5, 0.6) is 0 Å². The first kappa shape index (κ1) is 14.0. The van der Waals surface area contributed by atoms with Crippen molar-refractivity contribution in [3.05, 3.63) is 33.9 Å². The smallest absolute Gasteiger partial charge is 0.152 e. The molecule has 6 heteroatoms. The Morgan fingerprint density at radius 3 is 2.58 bits per heavy atom. The van der Waals surface area contributed by atoms with Crippen LogP contribution in [-0.4, -0.2) is 9.78 Å². The van der Waals surface area contributed by atoms with E-state index in [4.69, 9.17) is 28.9 Å². The number of rotatable bonds is 3. The van der Waals surface area contributed by atoms with Crippen LogP contribution in [0.3, 0.4) is 0 Å². The maximum Gasteiger partial charge on any atom is 0.152 e. The van der Waals surface area contributed by atoms with Gasteiger partial charge in [-0.05, 0) is 24.1 Å². The van der Waals surface area contributed by atoms with Crippen molar-refractivity contribution in [2.24, 2.45) is 7.05 Å². The normalized spacial score (nSPS) is 11.1. The molecule has 0 aliphatic carbocycles. The van der Waals surface area contributed by atoms with Gasteiger partial charge in [0.15, 0.2) is 5.82 Å². The van der Waals surface area contributed by atoms with E-state index in [9.17, 15) is 0 Å². The molecule has 0 atom stereocenters. The fourth-order valence-corrected chi connectivity index (χ4v) is 2.19. The highest BCUT2D eigenvalue weighted by Crippen LogP contribution is 2.33. The van der Waals surface area contributed by atoms with Gasteiger partial charge in [-0.25, -0.2) is 0 Å². The van der Waals surface area contributed by atoms with E-state index in [1.165, 1.54) is 0 Å². The van der Waals surface area contributed by atoms with Gasteiger partial charge in [-0.1, -0.05) is 37.0 Å². The van der Waals surface area contributed by atoms with Crippen molar-refractivity contribution in [2.75, 3.05) is 11.1 Å². The zero-order chi connectivity index (χ0) is 14.2. The van der Waals surface area contributed by atoms with E-state index in [0.29, 0.717) is 27.2 Å². The van der Waals surface area contributed by atoms with Crippen molar-refractivity contribution in [3.63, 3.8) is 0 Å². The minimum Gasteiger partial charge on any atom is -0.394 e. The molecular weight excluding hydrogens is 283 g/mol. The van der Waals surface area contributed by atoms with E-state index in [2.05, 4.69) is 24.3 Å². The van der Waals surface area contributed by atoms with Crippen LogP contribution in [-0.2, 0) is 7.05 Å². The molecular formula is C13H16Cl2N4. The quantitative estimate of drug-likeness (QED) is 0.894. The number of nitrogen functional groups attached to an aromatic ring is 1. The number of hydrogen-bond donors (Lipinski definition) is 2. The second-order valence-corrected chi connectivity index (χ2v) is 5.52. The topological polar surface area (TPSA) is 55.9 Å². The second-order valence-electron chi connectivity index (χ2n) is 4.67. The van der Waals surface area contributed by atoms with E-state index in [1.807, 2.05) is 7.05 Å². The SMILES string of the molecule is CC(C)c1nn(C)c(Nc2cc(Cl)ccc2Cl)c1N. The number of nitrogens with two attached hydrogens (primary N) is 1. The molecule has 1 aromatic carbocycles. The number of benzene rings is 1. The van der Waals surface area contributed by atoms with Crippen molar-refractivity contribution in [1.29, 1.82) is 0 Å². The van der Waals surface area contributed by atoms with Gasteiger partial charge in [-0.2, -0.15) is 5.10 Å². The van der Waals surface area contributed by atoms with Gasteiger partial charge in [0.25, 0.3) is 0 Å². The zero-order valence-corrected chi connectivity index (χ0v) is 12.5. The minimum atomic E-state index is 0.261. The Hall–Kier alpha value is -1.39. The standard InChI is InChI=1S/C13H16Cl2N4/c1-7(2)12-11(16)13(19(3)18-12)17-10-6-8(14)4-5-9(10)15/h4-7,17H,16H2,1-3H3. The maximum atomic E-state index is 6.13. The van der Waals surface area contributed by atoms with Crippen LogP contribution in [0.2, 0.25) is 10.0 Å². The Labute approximate surface area is 122 Å². The van der Waals surface area contributed by atoms with Gasteiger partial charge in [0.1, 0.15) is 0 Å². The Morgan fingerprint density at radius 1 is 1.32 bits per heavy atom. The Bertz CT molecular complexity index is 605. The Morgan fingerprint density at radius 2 is 2.00 bits per heavy atom. The third-order valence-corrected chi connectivity index (χ3v) is 3.41. The second kappa shape index (κ2) is 5.31. The van der Waals surface area contributed by atoms with Crippen LogP contribution >= 0.6 is 23.2 Å². The number of aromatic nitrogens is 2. The summed E-state index contributed by atoms with van der Waals surface area (Å²) in [5.74, 6) is 0.976. The lowest BCUT2D eigenvalue weighted by molar-refractivity contribution is 0.718. The van der Waals surface area contributed by atoms with Crippen LogP contribution in [0.15, 0.2) is 18.2 Å². The van der Waals surface area contributed by atoms with Crippen molar-refractivity contribution < 1.29 is 0 Å². The van der Waals surface area contributed by atoms with E-state index in [1.54, 1.807) is 22.9 Å². The summed E-state index contributed by atoms with van der Waals surface area (Å²) in [4.78, 5) is 0. The lowest BCUT2D eigenvalue weighted by atomic mass is 10.1. The zero-order valence-electron chi connectivity index (χ0n) is 11.0. The summed E-state index contributed by atoms with van der Waals surface area (Å²) in [7, 11) is 1.84. The molecule has 2 aromatic rings. The summed E-state index contributed by atoms with van der Waals surface area (Å²) in [6, 6.07) is 5.23. The van der Waals surface area contributed by atoms with Gasteiger partial charge in [0, 0.05) is 12.1 Å². The van der Waals surface area contributed by atoms with E-state index < -0.39 is 0 Å². The number of nitrogens with zero attached hydrogens (tertiary/aromatic N) is 2. The summed E-state index contributed by atoms with van der Waals surface area (Å²) in [6.07, 6.45) is 0. The van der Waals surface area contributed by atoms with E-state index >= 15 is 0 Å². The van der Waals surface area contributed by atoms with Gasteiger partial charge < -0.3 is 11.1 Å². The number of halogens is 2. The molecule has 0 aliphatic heterocycles. The van der Waals surface area contributed by atoms with E-state index in [0.717, 1.165) is 5.69 Å². The van der Waals surface area contributed by atoms with Gasteiger partial charge in [-0.15, -0.1) is 0 Å². The van der Waals surface area contributed by atoms with Gasteiger partial charge in [-0.3, -0.25) is 4.68 Å². The van der Waals surface area contributed by atoms with Crippen LogP contribution in [0.1, 0.15) is 25.5 Å². The molecule has 0 spiro atoms. The van der Waals surface area contributed by atoms with Crippen molar-refractivity contribution in [1.82, 2.24) is 9.78 Å². The lowest BCUT2D eigenvalue weighted by Gasteiger charge is -2.10. The summed E-state index contributed by atoms with van der Waals surface area (Å²) in [5, 5.41) is 8.78. The fourth-order valence-electron chi connectivity index (χ4n) is 1.86. The largest absolute Gasteiger partial charge is 0.394 e. The third kappa shape index (κ3) is 2.80. The molecule has 0 fully saturated rings. The molecule has 0 aliphatic rings. The highest BCUT2D eigenvalue weighted by atomic mass is 35.5. The molecule has 1 aromatic heterocycles. The third-order valence-electron chi connectivity index (χ3n) is 2.84. The molecule has 3 N–H and O–H groups in total. The molecule has 0 saturated heterocycles. The first-order valence-corrected chi connectivity index (χ1v) is 6.70. The average molecular weight is 299 g/mol. The minimum absolute atomic E-state index is 0.261. The highest BCUT2D eigenvalue weighted by Gasteiger charge is 2.16. The summed E-state index contributed by atoms with van der Waals surface area (Å²) in [5.41, 5.74) is 8.32. The first-order valence-electron chi connectivity index (χ1n) is 5.94. The van der Waals surface area contributed by atoms with Crippen LogP contribution in [0.4, 0.5) is 17.2 Å². The van der Waals surface area contributed by atoms with Gasteiger partial charge >= 0.3 is 0 Å². The fraction of sp³-hybridized carbons (Fsp3) is 0.308. The van der Waals surface area contributed by atoms with E-state index in [-0.39, 0.29) is 5.92 Å². The maximum absolute atomic E-state index is 6.13. The van der Waals surface area contributed by atoms with Crippen molar-refractivity contribution in [3.8, 4) is 0 Å². The van der Waals surface area contributed by atoms with Crippen LogP contribution < -0.4 is 11.1 Å². The number of aryl methyl sites for hydroxylation is 1. The predicted molar refractivity (Wildman–Crippen MR) is 81.5 cm³/mol. The molecule has 4 nitrogen and oxygen atoms in total. The number of hydrogen-bond acceptors (Lipinski definition) is 3. The Kier molecular flexibility index (Phi) is 3.92. The number of anilines is 3. The molecule has 0 bridgehead atoms. The van der Waals surface area contributed by atoms with Crippen LogP contribution in [0.25, 0.3) is 0 Å². The molecule has 1 heterocycles. The summed E-state index contributed by atoms with van der Waals surface area (Å²) in [6.45, 7) is 4.10. The highest BCUT2D eigenvalue weighted by molar-refractivity contribution is 6.35. The predicted octanol–water partition coefficient (Wildman–Crippen LogP) is 4.18. The van der Waals surface area contributed by atoms with Crippen molar-refractivity contribution >= 4 is 40.4 Å². The van der Waals surface area contributed by atoms with Gasteiger partial charge in [0.05, 0.1) is 22.1 Å².